The molecule has 0 aliphatic rings. The average molecular weight is 351 g/mol. The summed E-state index contributed by atoms with van der Waals surface area (Å²) >= 11 is 0. The van der Waals surface area contributed by atoms with E-state index in [9.17, 15) is 9.59 Å². The molecule has 1 atom stereocenters. The molecule has 6 nitrogen and oxygen atoms in total. The SMILES string of the molecule is CC[C@H](C)COc1ccc(CC(=O)OC)c(NC(=O)OC(C)(C)C)c1. The van der Waals surface area contributed by atoms with Crippen molar-refractivity contribution < 1.29 is 23.8 Å². The molecule has 140 valence electrons. The van der Waals surface area contributed by atoms with E-state index in [0.29, 0.717) is 29.5 Å². The van der Waals surface area contributed by atoms with Crippen LogP contribution in [0.15, 0.2) is 18.2 Å². The van der Waals surface area contributed by atoms with Crippen molar-refractivity contribution in [3.8, 4) is 5.75 Å². The zero-order valence-electron chi connectivity index (χ0n) is 16.0. The minimum absolute atomic E-state index is 0.0489. The van der Waals surface area contributed by atoms with Crippen LogP contribution in [-0.4, -0.2) is 31.4 Å². The summed E-state index contributed by atoms with van der Waals surface area (Å²) in [4.78, 5) is 23.7. The summed E-state index contributed by atoms with van der Waals surface area (Å²) in [5, 5.41) is 2.69. The maximum atomic E-state index is 12.1. The topological polar surface area (TPSA) is 73.9 Å². The lowest BCUT2D eigenvalue weighted by Gasteiger charge is -2.21. The van der Waals surface area contributed by atoms with Gasteiger partial charge in [-0.25, -0.2) is 4.79 Å². The molecule has 1 amide bonds. The summed E-state index contributed by atoms with van der Waals surface area (Å²) in [6.07, 6.45) is 0.481. The predicted molar refractivity (Wildman–Crippen MR) is 97.0 cm³/mol. The van der Waals surface area contributed by atoms with Gasteiger partial charge in [-0.2, -0.15) is 0 Å². The van der Waals surface area contributed by atoms with Crippen LogP contribution in [0.4, 0.5) is 10.5 Å². The molecule has 0 saturated carbocycles. The van der Waals surface area contributed by atoms with Crippen LogP contribution < -0.4 is 10.1 Å². The number of nitrogens with one attached hydrogen (secondary N) is 1. The van der Waals surface area contributed by atoms with Crippen LogP contribution in [0.25, 0.3) is 0 Å². The molecule has 1 aromatic rings. The molecule has 0 bridgehead atoms. The predicted octanol–water partition coefficient (Wildman–Crippen LogP) is 4.17. The molecule has 1 rings (SSSR count). The van der Waals surface area contributed by atoms with E-state index in [1.807, 2.05) is 0 Å². The molecule has 0 heterocycles. The first kappa shape index (κ1) is 20.8. The van der Waals surface area contributed by atoms with Gasteiger partial charge in [0.2, 0.25) is 0 Å². The van der Waals surface area contributed by atoms with Gasteiger partial charge in [-0.3, -0.25) is 10.1 Å². The van der Waals surface area contributed by atoms with Crippen molar-refractivity contribution in [3.05, 3.63) is 23.8 Å². The number of esters is 1. The van der Waals surface area contributed by atoms with E-state index in [4.69, 9.17) is 14.2 Å². The fourth-order valence-electron chi connectivity index (χ4n) is 1.91. The molecule has 6 heteroatoms. The number of hydrogen-bond donors (Lipinski definition) is 1. The Morgan fingerprint density at radius 1 is 1.24 bits per heavy atom. The average Bonchev–Trinajstić information content (AvgIpc) is 2.52. The molecular formula is C19H29NO5. The Kier molecular flexibility index (Phi) is 7.74. The Balaban J connectivity index is 2.96. The van der Waals surface area contributed by atoms with Crippen molar-refractivity contribution in [2.45, 2.75) is 53.1 Å². The monoisotopic (exact) mass is 351 g/mol. The second kappa shape index (κ2) is 9.30. The quantitative estimate of drug-likeness (QED) is 0.746. The minimum Gasteiger partial charge on any atom is -0.493 e. The third-order valence-electron chi connectivity index (χ3n) is 3.51. The largest absolute Gasteiger partial charge is 0.493 e. The van der Waals surface area contributed by atoms with Gasteiger partial charge in [0.15, 0.2) is 0 Å². The highest BCUT2D eigenvalue weighted by Crippen LogP contribution is 2.25. The molecule has 0 saturated heterocycles. The Hall–Kier alpha value is -2.24. The van der Waals surface area contributed by atoms with Crippen LogP contribution in [-0.2, 0) is 20.7 Å². The van der Waals surface area contributed by atoms with Gasteiger partial charge in [0.1, 0.15) is 11.4 Å². The van der Waals surface area contributed by atoms with E-state index in [1.165, 1.54) is 7.11 Å². The third kappa shape index (κ3) is 7.92. The molecule has 0 fully saturated rings. The van der Waals surface area contributed by atoms with Crippen LogP contribution >= 0.6 is 0 Å². The van der Waals surface area contributed by atoms with E-state index in [2.05, 4.69) is 19.2 Å². The lowest BCUT2D eigenvalue weighted by molar-refractivity contribution is -0.139. The van der Waals surface area contributed by atoms with Gasteiger partial charge in [0.25, 0.3) is 0 Å². The van der Waals surface area contributed by atoms with Crippen LogP contribution in [0.2, 0.25) is 0 Å². The fourth-order valence-corrected chi connectivity index (χ4v) is 1.91. The second-order valence-electron chi connectivity index (χ2n) is 7.02. The highest BCUT2D eigenvalue weighted by atomic mass is 16.6. The minimum atomic E-state index is -0.614. The summed E-state index contributed by atoms with van der Waals surface area (Å²) in [7, 11) is 1.33. The normalized spacial score (nSPS) is 12.2. The van der Waals surface area contributed by atoms with Gasteiger partial charge in [0.05, 0.1) is 25.8 Å². The standard InChI is InChI=1S/C19H29NO5/c1-7-13(2)12-24-15-9-8-14(10-17(21)23-6)16(11-15)20-18(22)25-19(3,4)5/h8-9,11,13H,7,10,12H2,1-6H3,(H,20,22)/t13-/m0/s1. The zero-order valence-corrected chi connectivity index (χ0v) is 16.0. The molecule has 0 unspecified atom stereocenters. The molecule has 1 aromatic carbocycles. The Labute approximate surface area is 149 Å². The Morgan fingerprint density at radius 3 is 2.48 bits per heavy atom. The Morgan fingerprint density at radius 2 is 1.92 bits per heavy atom. The number of benzene rings is 1. The summed E-state index contributed by atoms with van der Waals surface area (Å²) in [5.74, 6) is 0.664. The molecule has 1 N–H and O–H groups in total. The molecule has 0 spiro atoms. The molecule has 0 aromatic heterocycles. The first-order chi connectivity index (χ1) is 11.6. The van der Waals surface area contributed by atoms with Crippen molar-refractivity contribution in [1.82, 2.24) is 0 Å². The number of hydrogen-bond acceptors (Lipinski definition) is 5. The van der Waals surface area contributed by atoms with Crippen molar-refractivity contribution in [3.63, 3.8) is 0 Å². The van der Waals surface area contributed by atoms with Gasteiger partial charge in [-0.15, -0.1) is 0 Å². The van der Waals surface area contributed by atoms with E-state index < -0.39 is 11.7 Å². The van der Waals surface area contributed by atoms with Gasteiger partial charge in [-0.1, -0.05) is 26.3 Å². The first-order valence-corrected chi connectivity index (χ1v) is 8.47. The highest BCUT2D eigenvalue weighted by molar-refractivity contribution is 5.87. The molecule has 25 heavy (non-hydrogen) atoms. The van der Waals surface area contributed by atoms with Gasteiger partial charge in [0, 0.05) is 6.07 Å². The fraction of sp³-hybridized carbons (Fsp3) is 0.579. The summed E-state index contributed by atoms with van der Waals surface area (Å²) in [6, 6.07) is 5.22. The van der Waals surface area contributed by atoms with Gasteiger partial charge in [-0.05, 0) is 38.3 Å². The van der Waals surface area contributed by atoms with Gasteiger partial charge >= 0.3 is 12.1 Å². The van der Waals surface area contributed by atoms with E-state index in [-0.39, 0.29) is 12.4 Å². The molecule has 0 aliphatic carbocycles. The lowest BCUT2D eigenvalue weighted by Crippen LogP contribution is -2.27. The number of methoxy groups -OCH3 is 1. The maximum Gasteiger partial charge on any atom is 0.412 e. The first-order valence-electron chi connectivity index (χ1n) is 8.47. The second-order valence-corrected chi connectivity index (χ2v) is 7.02. The zero-order chi connectivity index (χ0) is 19.0. The van der Waals surface area contributed by atoms with Crippen molar-refractivity contribution in [1.29, 1.82) is 0 Å². The summed E-state index contributed by atoms with van der Waals surface area (Å²) < 4.78 is 15.7. The van der Waals surface area contributed by atoms with E-state index >= 15 is 0 Å². The maximum absolute atomic E-state index is 12.1. The van der Waals surface area contributed by atoms with Crippen molar-refractivity contribution in [2.24, 2.45) is 5.92 Å². The smallest absolute Gasteiger partial charge is 0.412 e. The van der Waals surface area contributed by atoms with E-state index in [1.54, 1.807) is 39.0 Å². The van der Waals surface area contributed by atoms with Crippen LogP contribution in [0.3, 0.4) is 0 Å². The number of carbonyl (C=O) groups is 2. The number of anilines is 1. The highest BCUT2D eigenvalue weighted by Gasteiger charge is 2.18. The number of amides is 1. The lowest BCUT2D eigenvalue weighted by atomic mass is 10.1. The molecule has 0 aliphatic heterocycles. The molecular weight excluding hydrogens is 322 g/mol. The summed E-state index contributed by atoms with van der Waals surface area (Å²) in [6.45, 7) is 10.1. The van der Waals surface area contributed by atoms with Crippen LogP contribution in [0, 0.1) is 5.92 Å². The summed E-state index contributed by atoms with van der Waals surface area (Å²) in [5.41, 5.74) is 0.493. The number of ether oxygens (including phenoxy) is 3. The molecule has 0 radical (unpaired) electrons. The van der Waals surface area contributed by atoms with Crippen LogP contribution in [0.5, 0.6) is 5.75 Å². The van der Waals surface area contributed by atoms with Gasteiger partial charge < -0.3 is 14.2 Å². The number of rotatable bonds is 7. The Bertz CT molecular complexity index is 592. The number of carbonyl (C=O) groups excluding carboxylic acids is 2. The van der Waals surface area contributed by atoms with E-state index in [0.717, 1.165) is 6.42 Å². The van der Waals surface area contributed by atoms with Crippen molar-refractivity contribution >= 4 is 17.7 Å². The van der Waals surface area contributed by atoms with Crippen LogP contribution in [0.1, 0.15) is 46.6 Å². The van der Waals surface area contributed by atoms with Crippen molar-refractivity contribution in [2.75, 3.05) is 19.0 Å². The third-order valence-corrected chi connectivity index (χ3v) is 3.51.